The van der Waals surface area contributed by atoms with E-state index >= 15 is 0 Å². The van der Waals surface area contributed by atoms with Crippen LogP contribution < -0.4 is 10.1 Å². The third kappa shape index (κ3) is 3.60. The molecule has 1 N–H and O–H groups in total. The first-order valence-corrected chi connectivity index (χ1v) is 6.96. The molecule has 0 heterocycles. The fourth-order valence-corrected chi connectivity index (χ4v) is 2.32. The summed E-state index contributed by atoms with van der Waals surface area (Å²) in [6.45, 7) is 4.76. The van der Waals surface area contributed by atoms with Gasteiger partial charge in [0.15, 0.2) is 0 Å². The molecule has 0 amide bonds. The third-order valence-corrected chi connectivity index (χ3v) is 3.58. The molecule has 0 aliphatic heterocycles. The molecule has 1 aliphatic rings. The van der Waals surface area contributed by atoms with Crippen molar-refractivity contribution in [3.05, 3.63) is 28.3 Å². The van der Waals surface area contributed by atoms with E-state index in [1.165, 1.54) is 18.9 Å². The van der Waals surface area contributed by atoms with Crippen LogP contribution in [0, 0.1) is 10.1 Å². The normalized spacial score (nSPS) is 14.3. The molecule has 6 nitrogen and oxygen atoms in total. The molecular weight excluding hydrogens is 258 g/mol. The van der Waals surface area contributed by atoms with Gasteiger partial charge in [-0.15, -0.1) is 0 Å². The number of rotatable bonds is 8. The Morgan fingerprint density at radius 3 is 2.80 bits per heavy atom. The molecule has 1 aromatic rings. The highest BCUT2D eigenvalue weighted by atomic mass is 16.6. The maximum atomic E-state index is 11.0. The van der Waals surface area contributed by atoms with Crippen molar-refractivity contribution in [3.63, 3.8) is 0 Å². The highest BCUT2D eigenvalue weighted by Crippen LogP contribution is 2.29. The largest absolute Gasteiger partial charge is 0.497 e. The second-order valence-electron chi connectivity index (χ2n) is 4.93. The van der Waals surface area contributed by atoms with Crippen molar-refractivity contribution in [1.82, 2.24) is 4.90 Å². The number of nitro groups is 1. The average molecular weight is 279 g/mol. The lowest BCUT2D eigenvalue weighted by Gasteiger charge is -2.20. The van der Waals surface area contributed by atoms with Crippen LogP contribution in [0.3, 0.4) is 0 Å². The van der Waals surface area contributed by atoms with Crippen LogP contribution >= 0.6 is 0 Å². The van der Waals surface area contributed by atoms with Gasteiger partial charge in [-0.25, -0.2) is 0 Å². The van der Waals surface area contributed by atoms with Gasteiger partial charge in [-0.2, -0.15) is 0 Å². The number of nitro benzene ring substituents is 1. The predicted octanol–water partition coefficient (Wildman–Crippen LogP) is 2.50. The van der Waals surface area contributed by atoms with Gasteiger partial charge in [-0.1, -0.05) is 6.92 Å². The van der Waals surface area contributed by atoms with E-state index < -0.39 is 0 Å². The Kier molecular flexibility index (Phi) is 4.79. The number of hydrogen-bond donors (Lipinski definition) is 1. The predicted molar refractivity (Wildman–Crippen MR) is 78.4 cm³/mol. The average Bonchev–Trinajstić information content (AvgIpc) is 3.27. The van der Waals surface area contributed by atoms with Gasteiger partial charge >= 0.3 is 0 Å². The molecule has 0 aromatic heterocycles. The van der Waals surface area contributed by atoms with Gasteiger partial charge in [0.1, 0.15) is 11.4 Å². The summed E-state index contributed by atoms with van der Waals surface area (Å²) in [7, 11) is 1.55. The molecule has 0 unspecified atom stereocenters. The lowest BCUT2D eigenvalue weighted by atomic mass is 10.2. The minimum atomic E-state index is -0.375. The van der Waals surface area contributed by atoms with Crippen molar-refractivity contribution in [2.45, 2.75) is 25.8 Å². The number of anilines is 1. The Balaban J connectivity index is 1.97. The zero-order chi connectivity index (χ0) is 14.5. The summed E-state index contributed by atoms with van der Waals surface area (Å²) in [6.07, 6.45) is 2.54. The van der Waals surface area contributed by atoms with Crippen LogP contribution in [0.2, 0.25) is 0 Å². The van der Waals surface area contributed by atoms with Gasteiger partial charge in [-0.05, 0) is 25.5 Å². The SMILES string of the molecule is CCN(CCNc1cc(OC)ccc1[N+](=O)[O-])C1CC1. The van der Waals surface area contributed by atoms with Crippen LogP contribution in [0.1, 0.15) is 19.8 Å². The monoisotopic (exact) mass is 279 g/mol. The Morgan fingerprint density at radius 1 is 1.50 bits per heavy atom. The van der Waals surface area contributed by atoms with E-state index in [2.05, 4.69) is 17.1 Å². The summed E-state index contributed by atoms with van der Waals surface area (Å²) in [5.74, 6) is 0.618. The maximum absolute atomic E-state index is 11.0. The molecule has 1 aromatic carbocycles. The number of likely N-dealkylation sites (N-methyl/N-ethyl adjacent to an activating group) is 1. The van der Waals surface area contributed by atoms with E-state index in [0.717, 1.165) is 13.1 Å². The summed E-state index contributed by atoms with van der Waals surface area (Å²) in [4.78, 5) is 13.0. The molecule has 110 valence electrons. The van der Waals surface area contributed by atoms with Crippen LogP contribution in [0.4, 0.5) is 11.4 Å². The van der Waals surface area contributed by atoms with E-state index in [-0.39, 0.29) is 10.6 Å². The molecule has 1 fully saturated rings. The van der Waals surface area contributed by atoms with Crippen LogP contribution in [0.15, 0.2) is 18.2 Å². The third-order valence-electron chi connectivity index (χ3n) is 3.58. The van der Waals surface area contributed by atoms with Crippen molar-refractivity contribution in [2.24, 2.45) is 0 Å². The molecule has 20 heavy (non-hydrogen) atoms. The zero-order valence-corrected chi connectivity index (χ0v) is 12.0. The fraction of sp³-hybridized carbons (Fsp3) is 0.571. The number of nitrogens with one attached hydrogen (secondary N) is 1. The first-order valence-electron chi connectivity index (χ1n) is 6.96. The van der Waals surface area contributed by atoms with Crippen LogP contribution in [-0.2, 0) is 0 Å². The molecule has 0 saturated heterocycles. The molecular formula is C14H21N3O3. The highest BCUT2D eigenvalue weighted by molar-refractivity contribution is 5.64. The second kappa shape index (κ2) is 6.56. The standard InChI is InChI=1S/C14H21N3O3/c1-3-16(11-4-5-11)9-8-15-13-10-12(20-2)6-7-14(13)17(18)19/h6-7,10-11,15H,3-5,8-9H2,1-2H3. The van der Waals surface area contributed by atoms with E-state index in [1.807, 2.05) is 0 Å². The molecule has 0 radical (unpaired) electrons. The van der Waals surface area contributed by atoms with Gasteiger partial charge < -0.3 is 10.1 Å². The Morgan fingerprint density at radius 2 is 2.25 bits per heavy atom. The molecule has 1 saturated carbocycles. The molecule has 0 spiro atoms. The minimum Gasteiger partial charge on any atom is -0.497 e. The summed E-state index contributed by atoms with van der Waals surface area (Å²) < 4.78 is 5.11. The summed E-state index contributed by atoms with van der Waals surface area (Å²) in [5, 5.41) is 14.2. The van der Waals surface area contributed by atoms with Crippen molar-refractivity contribution in [3.8, 4) is 5.75 Å². The number of benzene rings is 1. The van der Waals surface area contributed by atoms with Crippen molar-refractivity contribution >= 4 is 11.4 Å². The number of methoxy groups -OCH3 is 1. The van der Waals surface area contributed by atoms with Crippen molar-refractivity contribution in [2.75, 3.05) is 32.1 Å². The first kappa shape index (κ1) is 14.6. The minimum absolute atomic E-state index is 0.0836. The van der Waals surface area contributed by atoms with Gasteiger partial charge in [0, 0.05) is 31.3 Å². The van der Waals surface area contributed by atoms with Gasteiger partial charge in [0.05, 0.1) is 12.0 Å². The van der Waals surface area contributed by atoms with E-state index in [1.54, 1.807) is 19.2 Å². The van der Waals surface area contributed by atoms with E-state index in [9.17, 15) is 10.1 Å². The highest BCUT2D eigenvalue weighted by Gasteiger charge is 2.27. The quantitative estimate of drug-likeness (QED) is 0.585. The molecule has 1 aliphatic carbocycles. The molecule has 0 atom stereocenters. The molecule has 0 bridgehead atoms. The maximum Gasteiger partial charge on any atom is 0.292 e. The number of ether oxygens (including phenoxy) is 1. The Hall–Kier alpha value is -1.82. The summed E-state index contributed by atoms with van der Waals surface area (Å²) in [6, 6.07) is 5.46. The summed E-state index contributed by atoms with van der Waals surface area (Å²) >= 11 is 0. The lowest BCUT2D eigenvalue weighted by Crippen LogP contribution is -2.30. The Labute approximate surface area is 118 Å². The van der Waals surface area contributed by atoms with Crippen LogP contribution in [-0.4, -0.2) is 42.6 Å². The first-order chi connectivity index (χ1) is 9.65. The van der Waals surface area contributed by atoms with Gasteiger partial charge in [-0.3, -0.25) is 15.0 Å². The topological polar surface area (TPSA) is 67.6 Å². The zero-order valence-electron chi connectivity index (χ0n) is 12.0. The van der Waals surface area contributed by atoms with E-state index in [4.69, 9.17) is 4.74 Å². The number of nitrogens with zero attached hydrogens (tertiary/aromatic N) is 2. The Bertz CT molecular complexity index is 475. The van der Waals surface area contributed by atoms with Gasteiger partial charge in [0.25, 0.3) is 5.69 Å². The molecule has 2 rings (SSSR count). The lowest BCUT2D eigenvalue weighted by molar-refractivity contribution is -0.384. The van der Waals surface area contributed by atoms with Crippen molar-refractivity contribution in [1.29, 1.82) is 0 Å². The second-order valence-corrected chi connectivity index (χ2v) is 4.93. The fourth-order valence-electron chi connectivity index (χ4n) is 2.32. The van der Waals surface area contributed by atoms with Crippen LogP contribution in [0.5, 0.6) is 5.75 Å². The number of hydrogen-bond acceptors (Lipinski definition) is 5. The molecule has 6 heteroatoms. The van der Waals surface area contributed by atoms with Gasteiger partial charge in [0.2, 0.25) is 0 Å². The smallest absolute Gasteiger partial charge is 0.292 e. The van der Waals surface area contributed by atoms with E-state index in [0.29, 0.717) is 24.0 Å². The van der Waals surface area contributed by atoms with Crippen LogP contribution in [0.25, 0.3) is 0 Å². The summed E-state index contributed by atoms with van der Waals surface area (Å²) in [5.41, 5.74) is 0.599. The van der Waals surface area contributed by atoms with Crippen molar-refractivity contribution < 1.29 is 9.66 Å².